The average molecular weight is 309 g/mol. The van der Waals surface area contributed by atoms with E-state index in [9.17, 15) is 14.7 Å². The van der Waals surface area contributed by atoms with Crippen molar-refractivity contribution in [2.75, 3.05) is 0 Å². The Kier molecular flexibility index (Phi) is 5.39. The van der Waals surface area contributed by atoms with Gasteiger partial charge < -0.3 is 10.0 Å². The summed E-state index contributed by atoms with van der Waals surface area (Å²) in [5, 5.41) is 11.4. The summed E-state index contributed by atoms with van der Waals surface area (Å²) in [5.74, 6) is -1.70. The van der Waals surface area contributed by atoms with Gasteiger partial charge in [-0.3, -0.25) is 9.59 Å². The third-order valence-electron chi connectivity index (χ3n) is 4.21. The van der Waals surface area contributed by atoms with Gasteiger partial charge in [0.15, 0.2) is 0 Å². The summed E-state index contributed by atoms with van der Waals surface area (Å²) in [4.78, 5) is 27.2. The third-order valence-corrected chi connectivity index (χ3v) is 5.07. The van der Waals surface area contributed by atoms with Crippen molar-refractivity contribution in [1.29, 1.82) is 0 Å². The van der Waals surface area contributed by atoms with Gasteiger partial charge in [0.1, 0.15) is 0 Å². The Hall–Kier alpha value is -1.36. The number of hydrogen-bond acceptors (Lipinski definition) is 3. The number of aliphatic carboxylic acids is 1. The summed E-state index contributed by atoms with van der Waals surface area (Å²) in [7, 11) is 0. The van der Waals surface area contributed by atoms with Crippen LogP contribution in [0.2, 0.25) is 0 Å². The second-order valence-corrected chi connectivity index (χ2v) is 7.01. The minimum atomic E-state index is -0.826. The Labute approximate surface area is 129 Å². The van der Waals surface area contributed by atoms with E-state index in [1.807, 2.05) is 36.3 Å². The van der Waals surface area contributed by atoms with Crippen LogP contribution in [0.5, 0.6) is 0 Å². The molecule has 1 heterocycles. The molecule has 0 bridgehead atoms. The molecule has 1 aliphatic rings. The van der Waals surface area contributed by atoms with E-state index in [0.717, 1.165) is 17.7 Å². The monoisotopic (exact) mass is 309 g/mol. The van der Waals surface area contributed by atoms with E-state index in [0.29, 0.717) is 19.4 Å². The highest BCUT2D eigenvalue weighted by Crippen LogP contribution is 2.32. The lowest BCUT2D eigenvalue weighted by Gasteiger charge is -2.34. The van der Waals surface area contributed by atoms with Crippen molar-refractivity contribution < 1.29 is 14.7 Å². The predicted octanol–water partition coefficient (Wildman–Crippen LogP) is 3.38. The van der Waals surface area contributed by atoms with Crippen LogP contribution in [0.25, 0.3) is 0 Å². The molecule has 4 nitrogen and oxygen atoms in total. The lowest BCUT2D eigenvalue weighted by molar-refractivity contribution is -0.153. The maximum absolute atomic E-state index is 12.8. The number of carboxylic acid groups (broad SMARTS) is 1. The molecular weight excluding hydrogens is 286 g/mol. The zero-order chi connectivity index (χ0) is 15.4. The number of amides is 1. The molecule has 2 atom stereocenters. The molecule has 1 aromatic rings. The fourth-order valence-electron chi connectivity index (χ4n) is 3.02. The normalized spacial score (nSPS) is 22.2. The van der Waals surface area contributed by atoms with Crippen LogP contribution in [-0.2, 0) is 16.1 Å². The van der Waals surface area contributed by atoms with E-state index in [-0.39, 0.29) is 17.9 Å². The predicted molar refractivity (Wildman–Crippen MR) is 83.1 cm³/mol. The Morgan fingerprint density at radius 1 is 1.33 bits per heavy atom. The molecule has 5 heteroatoms. The fraction of sp³-hybridized carbons (Fsp3) is 0.625. The van der Waals surface area contributed by atoms with Crippen molar-refractivity contribution in [3.63, 3.8) is 0 Å². The molecule has 1 aliphatic carbocycles. The summed E-state index contributed by atoms with van der Waals surface area (Å²) in [6.07, 6.45) is 3.18. The smallest absolute Gasteiger partial charge is 0.307 e. The van der Waals surface area contributed by atoms with Gasteiger partial charge in [-0.25, -0.2) is 0 Å². The summed E-state index contributed by atoms with van der Waals surface area (Å²) < 4.78 is 0. The molecule has 1 aromatic heterocycles. The first-order valence-electron chi connectivity index (χ1n) is 7.56. The van der Waals surface area contributed by atoms with Crippen LogP contribution in [0.4, 0.5) is 0 Å². The van der Waals surface area contributed by atoms with Gasteiger partial charge in [-0.15, -0.1) is 11.3 Å². The zero-order valence-corrected chi connectivity index (χ0v) is 13.4. The molecular formula is C16H23NO3S. The fourth-order valence-corrected chi connectivity index (χ4v) is 3.72. The quantitative estimate of drug-likeness (QED) is 0.907. The van der Waals surface area contributed by atoms with Gasteiger partial charge in [0.05, 0.1) is 18.4 Å². The number of carbonyl (C=O) groups is 2. The van der Waals surface area contributed by atoms with Gasteiger partial charge >= 0.3 is 5.97 Å². The number of carbonyl (C=O) groups excluding carboxylic acids is 1. The van der Waals surface area contributed by atoms with E-state index in [2.05, 4.69) is 0 Å². The zero-order valence-electron chi connectivity index (χ0n) is 12.6. The molecule has 21 heavy (non-hydrogen) atoms. The van der Waals surface area contributed by atoms with Gasteiger partial charge in [-0.1, -0.05) is 18.9 Å². The van der Waals surface area contributed by atoms with Gasteiger partial charge in [0.2, 0.25) is 5.91 Å². The van der Waals surface area contributed by atoms with E-state index < -0.39 is 11.9 Å². The first-order chi connectivity index (χ1) is 10.0. The molecule has 0 spiro atoms. The molecule has 0 aromatic carbocycles. The van der Waals surface area contributed by atoms with E-state index >= 15 is 0 Å². The lowest BCUT2D eigenvalue weighted by atomic mass is 9.78. The van der Waals surface area contributed by atoms with Crippen molar-refractivity contribution in [1.82, 2.24) is 4.90 Å². The molecule has 116 valence electrons. The van der Waals surface area contributed by atoms with Crippen LogP contribution in [0.15, 0.2) is 17.5 Å². The number of carboxylic acids is 1. The van der Waals surface area contributed by atoms with Crippen molar-refractivity contribution in [2.45, 2.75) is 52.1 Å². The highest BCUT2D eigenvalue weighted by Gasteiger charge is 2.38. The first-order valence-corrected chi connectivity index (χ1v) is 8.44. The van der Waals surface area contributed by atoms with Crippen molar-refractivity contribution >= 4 is 23.2 Å². The minimum Gasteiger partial charge on any atom is -0.481 e. The van der Waals surface area contributed by atoms with Crippen LogP contribution in [0, 0.1) is 11.8 Å². The lowest BCUT2D eigenvalue weighted by Crippen LogP contribution is -2.45. The van der Waals surface area contributed by atoms with Crippen LogP contribution in [0.1, 0.15) is 44.4 Å². The second-order valence-electron chi connectivity index (χ2n) is 5.97. The van der Waals surface area contributed by atoms with Crippen LogP contribution < -0.4 is 0 Å². The summed E-state index contributed by atoms with van der Waals surface area (Å²) >= 11 is 1.63. The average Bonchev–Trinajstić information content (AvgIpc) is 2.96. The van der Waals surface area contributed by atoms with Crippen molar-refractivity contribution in [3.05, 3.63) is 22.4 Å². The molecule has 0 aliphatic heterocycles. The molecule has 1 fully saturated rings. The van der Waals surface area contributed by atoms with Gasteiger partial charge in [0, 0.05) is 10.9 Å². The minimum absolute atomic E-state index is 0.00509. The Bertz CT molecular complexity index is 484. The first kappa shape index (κ1) is 16.0. The number of nitrogens with zero attached hydrogens (tertiary/aromatic N) is 1. The van der Waals surface area contributed by atoms with E-state index in [1.165, 1.54) is 0 Å². The Morgan fingerprint density at radius 3 is 2.52 bits per heavy atom. The summed E-state index contributed by atoms with van der Waals surface area (Å²) in [5.41, 5.74) is 0. The topological polar surface area (TPSA) is 57.6 Å². The number of hydrogen-bond donors (Lipinski definition) is 1. The van der Waals surface area contributed by atoms with Crippen LogP contribution >= 0.6 is 11.3 Å². The largest absolute Gasteiger partial charge is 0.481 e. The molecule has 0 saturated heterocycles. The van der Waals surface area contributed by atoms with Crippen molar-refractivity contribution in [3.8, 4) is 0 Å². The van der Waals surface area contributed by atoms with Crippen molar-refractivity contribution in [2.24, 2.45) is 11.8 Å². The molecule has 2 unspecified atom stereocenters. The summed E-state index contributed by atoms with van der Waals surface area (Å²) in [6.45, 7) is 4.56. The van der Waals surface area contributed by atoms with Gasteiger partial charge in [0.25, 0.3) is 0 Å². The molecule has 2 rings (SSSR count). The Morgan fingerprint density at radius 2 is 2.00 bits per heavy atom. The molecule has 1 amide bonds. The maximum Gasteiger partial charge on any atom is 0.307 e. The van der Waals surface area contributed by atoms with Gasteiger partial charge in [-0.2, -0.15) is 0 Å². The molecule has 1 saturated carbocycles. The van der Waals surface area contributed by atoms with E-state index in [4.69, 9.17) is 0 Å². The number of thiophene rings is 1. The van der Waals surface area contributed by atoms with Crippen LogP contribution in [-0.4, -0.2) is 27.9 Å². The maximum atomic E-state index is 12.8. The second kappa shape index (κ2) is 7.07. The molecule has 0 radical (unpaired) electrons. The highest BCUT2D eigenvalue weighted by molar-refractivity contribution is 7.09. The Balaban J connectivity index is 2.14. The third kappa shape index (κ3) is 3.84. The standard InChI is InChI=1S/C16H23NO3S/c1-11(2)17(10-12-6-5-9-21-12)15(18)13-7-3-4-8-14(13)16(19)20/h5-6,9,11,13-14H,3-4,7-8,10H2,1-2H3,(H,19,20). The highest BCUT2D eigenvalue weighted by atomic mass is 32.1. The SMILES string of the molecule is CC(C)N(Cc1cccs1)C(=O)C1CCCCC1C(=O)O. The number of rotatable bonds is 5. The van der Waals surface area contributed by atoms with Gasteiger partial charge in [-0.05, 0) is 38.1 Å². The van der Waals surface area contributed by atoms with Crippen LogP contribution in [0.3, 0.4) is 0 Å². The van der Waals surface area contributed by atoms with E-state index in [1.54, 1.807) is 11.3 Å². The summed E-state index contributed by atoms with van der Waals surface area (Å²) in [6, 6.07) is 4.07. The molecule has 1 N–H and O–H groups in total.